The molecule has 0 aliphatic heterocycles. The number of rotatable bonds is 4. The zero-order chi connectivity index (χ0) is 12.5. The molecule has 1 aliphatic carbocycles. The average molecular weight is 253 g/mol. The molecule has 0 spiro atoms. The summed E-state index contributed by atoms with van der Waals surface area (Å²) in [5.41, 5.74) is 5.02. The van der Waals surface area contributed by atoms with Crippen LogP contribution in [0, 0.1) is 11.3 Å². The van der Waals surface area contributed by atoms with Gasteiger partial charge in [0.25, 0.3) is 0 Å². The van der Waals surface area contributed by atoms with E-state index < -0.39 is 5.41 Å². The summed E-state index contributed by atoms with van der Waals surface area (Å²) in [6.07, 6.45) is 2.99. The molecular formula is C11H15N3O2S. The van der Waals surface area contributed by atoms with E-state index in [1.807, 2.05) is 0 Å². The molecule has 3 N–H and O–H groups in total. The molecular weight excluding hydrogens is 238 g/mol. The number of thiocarbonyl (C=S) groups is 1. The average Bonchev–Trinajstić information content (AvgIpc) is 2.73. The highest BCUT2D eigenvalue weighted by Crippen LogP contribution is 2.45. The Morgan fingerprint density at radius 3 is 2.94 bits per heavy atom. The summed E-state index contributed by atoms with van der Waals surface area (Å²) in [6, 6.07) is 1.71. The van der Waals surface area contributed by atoms with Crippen LogP contribution < -0.4 is 11.1 Å². The standard InChI is InChI=1S/C11H15N3O2S/c1-7-4-11(5-7,9(12)17)10(15)13-6-8-2-3-14-16-8/h2-3,7H,4-6H2,1H3,(H2,12,17)(H,13,15). The second kappa shape index (κ2) is 4.44. The first kappa shape index (κ1) is 12.0. The first-order valence-electron chi connectivity index (χ1n) is 5.52. The lowest BCUT2D eigenvalue weighted by molar-refractivity contribution is -0.133. The van der Waals surface area contributed by atoms with Crippen molar-refractivity contribution >= 4 is 23.1 Å². The molecule has 1 heterocycles. The van der Waals surface area contributed by atoms with Gasteiger partial charge < -0.3 is 15.6 Å². The number of carbonyl (C=O) groups is 1. The van der Waals surface area contributed by atoms with Crippen molar-refractivity contribution in [2.24, 2.45) is 17.1 Å². The highest BCUT2D eigenvalue weighted by molar-refractivity contribution is 7.80. The molecule has 1 aromatic rings. The fourth-order valence-electron chi connectivity index (χ4n) is 2.30. The number of hydrogen-bond acceptors (Lipinski definition) is 4. The number of amides is 1. The monoisotopic (exact) mass is 253 g/mol. The summed E-state index contributed by atoms with van der Waals surface area (Å²) in [4.78, 5) is 12.4. The van der Waals surface area contributed by atoms with Crippen LogP contribution in [0.1, 0.15) is 25.5 Å². The van der Waals surface area contributed by atoms with Crippen molar-refractivity contribution in [1.82, 2.24) is 10.5 Å². The van der Waals surface area contributed by atoms with Gasteiger partial charge in [0.2, 0.25) is 5.91 Å². The third kappa shape index (κ3) is 2.17. The molecule has 1 fully saturated rings. The molecule has 2 rings (SSSR count). The van der Waals surface area contributed by atoms with E-state index in [0.29, 0.717) is 18.2 Å². The van der Waals surface area contributed by atoms with Gasteiger partial charge in [0.15, 0.2) is 5.76 Å². The van der Waals surface area contributed by atoms with Gasteiger partial charge in [-0.3, -0.25) is 4.79 Å². The van der Waals surface area contributed by atoms with Crippen LogP contribution in [0.25, 0.3) is 0 Å². The van der Waals surface area contributed by atoms with E-state index >= 15 is 0 Å². The van der Waals surface area contributed by atoms with Gasteiger partial charge in [0, 0.05) is 6.07 Å². The van der Waals surface area contributed by atoms with Gasteiger partial charge in [-0.05, 0) is 18.8 Å². The molecule has 0 bridgehead atoms. The van der Waals surface area contributed by atoms with Crippen LogP contribution in [0.2, 0.25) is 0 Å². The van der Waals surface area contributed by atoms with E-state index in [1.54, 1.807) is 6.07 Å². The predicted octanol–water partition coefficient (Wildman–Crippen LogP) is 0.993. The molecule has 1 saturated carbocycles. The number of aromatic nitrogens is 1. The zero-order valence-corrected chi connectivity index (χ0v) is 10.4. The molecule has 0 radical (unpaired) electrons. The largest absolute Gasteiger partial charge is 0.392 e. The second-order valence-electron chi connectivity index (χ2n) is 4.62. The third-order valence-corrected chi connectivity index (χ3v) is 3.61. The third-order valence-electron chi connectivity index (χ3n) is 3.21. The molecule has 17 heavy (non-hydrogen) atoms. The molecule has 0 saturated heterocycles. The maximum Gasteiger partial charge on any atom is 0.233 e. The quantitative estimate of drug-likeness (QED) is 0.782. The van der Waals surface area contributed by atoms with Gasteiger partial charge in [-0.2, -0.15) is 0 Å². The van der Waals surface area contributed by atoms with Crippen LogP contribution >= 0.6 is 12.2 Å². The Morgan fingerprint density at radius 2 is 2.47 bits per heavy atom. The molecule has 0 atom stereocenters. The van der Waals surface area contributed by atoms with E-state index in [1.165, 1.54) is 6.20 Å². The molecule has 1 aromatic heterocycles. The lowest BCUT2D eigenvalue weighted by atomic mass is 9.62. The van der Waals surface area contributed by atoms with Crippen molar-refractivity contribution in [3.63, 3.8) is 0 Å². The van der Waals surface area contributed by atoms with E-state index in [0.717, 1.165) is 12.8 Å². The van der Waals surface area contributed by atoms with Crippen molar-refractivity contribution in [1.29, 1.82) is 0 Å². The molecule has 5 nitrogen and oxygen atoms in total. The Labute approximate surface area is 105 Å². The van der Waals surface area contributed by atoms with Crippen molar-refractivity contribution in [3.05, 3.63) is 18.0 Å². The van der Waals surface area contributed by atoms with E-state index in [9.17, 15) is 4.79 Å². The fourth-order valence-corrected chi connectivity index (χ4v) is 2.56. The van der Waals surface area contributed by atoms with Crippen LogP contribution in [0.3, 0.4) is 0 Å². The summed E-state index contributed by atoms with van der Waals surface area (Å²) < 4.78 is 4.90. The highest BCUT2D eigenvalue weighted by atomic mass is 32.1. The van der Waals surface area contributed by atoms with Crippen LogP contribution in [0.15, 0.2) is 16.8 Å². The Bertz CT molecular complexity index is 424. The lowest BCUT2D eigenvalue weighted by Gasteiger charge is -2.44. The van der Waals surface area contributed by atoms with Crippen molar-refractivity contribution in [2.45, 2.75) is 26.3 Å². The minimum atomic E-state index is -0.658. The molecule has 92 valence electrons. The first-order valence-corrected chi connectivity index (χ1v) is 5.93. The molecule has 6 heteroatoms. The Hall–Kier alpha value is -1.43. The molecule has 1 amide bonds. The topological polar surface area (TPSA) is 81.2 Å². The SMILES string of the molecule is CC1CC(C(=O)NCc2ccno2)(C(N)=S)C1. The van der Waals surface area contributed by atoms with Gasteiger partial charge in [0.05, 0.1) is 23.1 Å². The van der Waals surface area contributed by atoms with Gasteiger partial charge >= 0.3 is 0 Å². The van der Waals surface area contributed by atoms with Crippen molar-refractivity contribution in [2.75, 3.05) is 0 Å². The lowest BCUT2D eigenvalue weighted by Crippen LogP contribution is -2.55. The van der Waals surface area contributed by atoms with Gasteiger partial charge in [-0.25, -0.2) is 0 Å². The minimum absolute atomic E-state index is 0.112. The first-order chi connectivity index (χ1) is 8.04. The normalized spacial score (nSPS) is 27.2. The van der Waals surface area contributed by atoms with Gasteiger partial charge in [0.1, 0.15) is 0 Å². The number of hydrogen-bond donors (Lipinski definition) is 2. The summed E-state index contributed by atoms with van der Waals surface area (Å²) in [5, 5.41) is 6.36. The highest BCUT2D eigenvalue weighted by Gasteiger charge is 2.50. The zero-order valence-electron chi connectivity index (χ0n) is 9.60. The number of nitrogens with zero attached hydrogens (tertiary/aromatic N) is 1. The Kier molecular flexibility index (Phi) is 3.15. The molecule has 1 aliphatic rings. The van der Waals surface area contributed by atoms with Crippen molar-refractivity contribution in [3.8, 4) is 0 Å². The summed E-state index contributed by atoms with van der Waals surface area (Å²) >= 11 is 5.01. The van der Waals surface area contributed by atoms with E-state index in [2.05, 4.69) is 17.4 Å². The Balaban J connectivity index is 1.96. The molecule has 0 aromatic carbocycles. The number of nitrogens with one attached hydrogen (secondary N) is 1. The Morgan fingerprint density at radius 1 is 1.76 bits per heavy atom. The van der Waals surface area contributed by atoms with E-state index in [4.69, 9.17) is 22.5 Å². The van der Waals surface area contributed by atoms with Crippen molar-refractivity contribution < 1.29 is 9.32 Å². The van der Waals surface area contributed by atoms with Gasteiger partial charge in [-0.15, -0.1) is 0 Å². The fraction of sp³-hybridized carbons (Fsp3) is 0.545. The maximum atomic E-state index is 12.1. The predicted molar refractivity (Wildman–Crippen MR) is 66.0 cm³/mol. The van der Waals surface area contributed by atoms with Crippen LogP contribution in [0.5, 0.6) is 0 Å². The number of carbonyl (C=O) groups excluding carboxylic acids is 1. The van der Waals surface area contributed by atoms with Crippen LogP contribution in [-0.4, -0.2) is 16.1 Å². The summed E-state index contributed by atoms with van der Waals surface area (Å²) in [6.45, 7) is 2.40. The minimum Gasteiger partial charge on any atom is -0.392 e. The van der Waals surface area contributed by atoms with E-state index in [-0.39, 0.29) is 10.9 Å². The smallest absolute Gasteiger partial charge is 0.233 e. The maximum absolute atomic E-state index is 12.1. The van der Waals surface area contributed by atoms with Gasteiger partial charge in [-0.1, -0.05) is 24.3 Å². The van der Waals surface area contributed by atoms with Crippen LogP contribution in [-0.2, 0) is 11.3 Å². The second-order valence-corrected chi connectivity index (χ2v) is 5.06. The van der Waals surface area contributed by atoms with Crippen LogP contribution in [0.4, 0.5) is 0 Å². The summed E-state index contributed by atoms with van der Waals surface area (Å²) in [5.74, 6) is 0.996. The summed E-state index contributed by atoms with van der Waals surface area (Å²) in [7, 11) is 0. The molecule has 0 unspecified atom stereocenters. The number of nitrogens with two attached hydrogens (primary N) is 1.